The van der Waals surface area contributed by atoms with Gasteiger partial charge in [-0.05, 0) is 6.92 Å². The van der Waals surface area contributed by atoms with Crippen LogP contribution in [0.1, 0.15) is 6.92 Å². The molecule has 1 atom stereocenters. The SMILES string of the molecule is C=CC(=O)OOP(=O)([O-])OCC. The van der Waals surface area contributed by atoms with Crippen molar-refractivity contribution in [3.63, 3.8) is 0 Å². The highest BCUT2D eigenvalue weighted by molar-refractivity contribution is 7.45. The van der Waals surface area contributed by atoms with E-state index in [1.807, 2.05) is 0 Å². The highest BCUT2D eigenvalue weighted by Crippen LogP contribution is 2.37. The van der Waals surface area contributed by atoms with Crippen molar-refractivity contribution in [3.8, 4) is 0 Å². The van der Waals surface area contributed by atoms with Gasteiger partial charge in [0.1, 0.15) is 0 Å². The topological polar surface area (TPSA) is 84.9 Å². The van der Waals surface area contributed by atoms with E-state index in [1.165, 1.54) is 6.92 Å². The Morgan fingerprint density at radius 2 is 2.33 bits per heavy atom. The first-order valence-electron chi connectivity index (χ1n) is 3.00. The zero-order valence-corrected chi connectivity index (χ0v) is 7.28. The van der Waals surface area contributed by atoms with E-state index in [0.29, 0.717) is 0 Å². The lowest BCUT2D eigenvalue weighted by Crippen LogP contribution is -2.10. The molecule has 1 unspecified atom stereocenters. The molecule has 0 spiro atoms. The molecule has 7 heteroatoms. The van der Waals surface area contributed by atoms with Gasteiger partial charge < -0.3 is 9.42 Å². The molecule has 0 aromatic carbocycles. The minimum Gasteiger partial charge on any atom is -0.754 e. The Kier molecular flexibility index (Phi) is 4.77. The number of phosphoric acid groups is 1. The normalized spacial score (nSPS) is 14.8. The summed E-state index contributed by atoms with van der Waals surface area (Å²) < 4.78 is 18.3. The molecule has 0 amide bonds. The molecular weight excluding hydrogens is 187 g/mol. The minimum absolute atomic E-state index is 0.0909. The number of carbonyl (C=O) groups excluding carboxylic acids is 1. The van der Waals surface area contributed by atoms with Crippen molar-refractivity contribution >= 4 is 13.8 Å². The Balaban J connectivity index is 3.83. The van der Waals surface area contributed by atoms with Crippen LogP contribution in [0.5, 0.6) is 0 Å². The molecule has 0 radical (unpaired) electrons. The van der Waals surface area contributed by atoms with Crippen LogP contribution in [0, 0.1) is 0 Å². The van der Waals surface area contributed by atoms with Crippen molar-refractivity contribution in [2.24, 2.45) is 0 Å². The summed E-state index contributed by atoms with van der Waals surface area (Å²) >= 11 is 0. The monoisotopic (exact) mass is 195 g/mol. The molecule has 0 aliphatic heterocycles. The zero-order valence-electron chi connectivity index (χ0n) is 6.39. The highest BCUT2D eigenvalue weighted by atomic mass is 31.2. The molecule has 0 aromatic rings. The summed E-state index contributed by atoms with van der Waals surface area (Å²) in [6.45, 7) is 4.38. The third-order valence-electron chi connectivity index (χ3n) is 0.665. The largest absolute Gasteiger partial charge is 0.754 e. The predicted molar refractivity (Wildman–Crippen MR) is 36.6 cm³/mol. The minimum atomic E-state index is -4.50. The van der Waals surface area contributed by atoms with Crippen LogP contribution in [0.25, 0.3) is 0 Å². The van der Waals surface area contributed by atoms with E-state index < -0.39 is 13.8 Å². The van der Waals surface area contributed by atoms with Gasteiger partial charge in [-0.25, -0.2) is 4.79 Å². The molecule has 0 saturated carbocycles. The molecule has 0 heterocycles. The van der Waals surface area contributed by atoms with Crippen LogP contribution < -0.4 is 4.89 Å². The molecule has 70 valence electrons. The van der Waals surface area contributed by atoms with E-state index in [9.17, 15) is 14.3 Å². The number of hydrogen-bond donors (Lipinski definition) is 0. The maximum atomic E-state index is 10.5. The van der Waals surface area contributed by atoms with Crippen molar-refractivity contribution < 1.29 is 28.3 Å². The van der Waals surface area contributed by atoms with E-state index in [1.54, 1.807) is 0 Å². The zero-order chi connectivity index (χ0) is 9.61. The van der Waals surface area contributed by atoms with Crippen LogP contribution in [-0.2, 0) is 23.4 Å². The summed E-state index contributed by atoms with van der Waals surface area (Å²) in [5.74, 6) is -1.01. The first-order valence-corrected chi connectivity index (χ1v) is 4.46. The van der Waals surface area contributed by atoms with Gasteiger partial charge in [-0.2, -0.15) is 0 Å². The molecule has 0 rings (SSSR count). The van der Waals surface area contributed by atoms with Crippen molar-refractivity contribution in [1.29, 1.82) is 0 Å². The lowest BCUT2D eigenvalue weighted by Gasteiger charge is -2.18. The van der Waals surface area contributed by atoms with Crippen LogP contribution in [0.3, 0.4) is 0 Å². The Bertz CT molecular complexity index is 212. The summed E-state index contributed by atoms with van der Waals surface area (Å²) in [7, 11) is -4.50. The molecule has 0 bridgehead atoms. The molecule has 6 nitrogen and oxygen atoms in total. The maximum Gasteiger partial charge on any atom is 0.365 e. The Morgan fingerprint density at radius 3 is 2.75 bits per heavy atom. The van der Waals surface area contributed by atoms with E-state index in [2.05, 4.69) is 20.7 Å². The number of phosphoric ester groups is 1. The van der Waals surface area contributed by atoms with E-state index in [0.717, 1.165) is 6.08 Å². The van der Waals surface area contributed by atoms with E-state index >= 15 is 0 Å². The van der Waals surface area contributed by atoms with Crippen LogP contribution >= 0.6 is 7.82 Å². The first kappa shape index (κ1) is 11.3. The van der Waals surface area contributed by atoms with Gasteiger partial charge in [0.05, 0.1) is 6.61 Å². The van der Waals surface area contributed by atoms with Gasteiger partial charge in [-0.3, -0.25) is 9.45 Å². The van der Waals surface area contributed by atoms with Crippen molar-refractivity contribution in [1.82, 2.24) is 0 Å². The van der Waals surface area contributed by atoms with E-state index in [-0.39, 0.29) is 6.61 Å². The highest BCUT2D eigenvalue weighted by Gasteiger charge is 2.11. The van der Waals surface area contributed by atoms with Gasteiger partial charge >= 0.3 is 13.8 Å². The third-order valence-corrected chi connectivity index (χ3v) is 1.50. The molecule has 0 aliphatic rings. The fourth-order valence-electron chi connectivity index (χ4n) is 0.296. The number of hydrogen-bond acceptors (Lipinski definition) is 6. The predicted octanol–water partition coefficient (Wildman–Crippen LogP) is 0.152. The Morgan fingerprint density at radius 1 is 1.75 bits per heavy atom. The van der Waals surface area contributed by atoms with Crippen LogP contribution in [0.15, 0.2) is 12.7 Å². The summed E-state index contributed by atoms with van der Waals surface area (Å²) in [6, 6.07) is 0. The summed E-state index contributed by atoms with van der Waals surface area (Å²) in [6.07, 6.45) is 0.756. The second-order valence-corrected chi connectivity index (χ2v) is 2.85. The van der Waals surface area contributed by atoms with E-state index in [4.69, 9.17) is 0 Å². The van der Waals surface area contributed by atoms with Crippen molar-refractivity contribution in [3.05, 3.63) is 12.7 Å². The molecule has 12 heavy (non-hydrogen) atoms. The summed E-state index contributed by atoms with van der Waals surface area (Å²) in [4.78, 5) is 24.6. The fourth-order valence-corrected chi connectivity index (χ4v) is 0.820. The van der Waals surface area contributed by atoms with Gasteiger partial charge in [0.2, 0.25) is 0 Å². The molecule has 0 aliphatic carbocycles. The molecule has 0 N–H and O–H groups in total. The van der Waals surface area contributed by atoms with Crippen LogP contribution in [-0.4, -0.2) is 12.6 Å². The van der Waals surface area contributed by atoms with Gasteiger partial charge in [-0.15, -0.1) is 4.67 Å². The lowest BCUT2D eigenvalue weighted by molar-refractivity contribution is -0.290. The summed E-state index contributed by atoms with van der Waals surface area (Å²) in [5, 5.41) is 0. The number of carbonyl (C=O) groups is 1. The Labute approximate surface area is 69.3 Å². The standard InChI is InChI=1S/C5H9O6P/c1-3-5(6)10-11-12(7,8)9-4-2/h3H,1,4H2,2H3,(H,7,8)/p-1. The van der Waals surface area contributed by atoms with Crippen molar-refractivity contribution in [2.75, 3.05) is 6.61 Å². The van der Waals surface area contributed by atoms with Gasteiger partial charge in [0.15, 0.2) is 0 Å². The molecule has 0 saturated heterocycles. The average Bonchev–Trinajstić information content (AvgIpc) is 2.00. The lowest BCUT2D eigenvalue weighted by atomic mass is 10.7. The quantitative estimate of drug-likeness (QED) is 0.268. The van der Waals surface area contributed by atoms with Gasteiger partial charge in [0, 0.05) is 6.08 Å². The van der Waals surface area contributed by atoms with Crippen LogP contribution in [0.4, 0.5) is 0 Å². The van der Waals surface area contributed by atoms with Crippen LogP contribution in [0.2, 0.25) is 0 Å². The molecule has 0 aromatic heterocycles. The van der Waals surface area contributed by atoms with Crippen molar-refractivity contribution in [2.45, 2.75) is 6.92 Å². The van der Waals surface area contributed by atoms with Gasteiger partial charge in [-0.1, -0.05) is 6.58 Å². The Hall–Kier alpha value is -0.680. The summed E-state index contributed by atoms with van der Waals surface area (Å²) in [5.41, 5.74) is 0. The second-order valence-electron chi connectivity index (χ2n) is 1.55. The second kappa shape index (κ2) is 5.05. The first-order chi connectivity index (χ1) is 5.52. The average molecular weight is 195 g/mol. The smallest absolute Gasteiger partial charge is 0.365 e. The third kappa shape index (κ3) is 5.03. The molecular formula is C5H8O6P-. The number of rotatable bonds is 5. The molecule has 0 fully saturated rings. The van der Waals surface area contributed by atoms with Gasteiger partial charge in [0.25, 0.3) is 0 Å². The fraction of sp³-hybridized carbons (Fsp3) is 0.400. The maximum absolute atomic E-state index is 10.5.